The van der Waals surface area contributed by atoms with E-state index in [4.69, 9.17) is 20.3 Å². The monoisotopic (exact) mass is 413 g/mol. The van der Waals surface area contributed by atoms with Gasteiger partial charge in [-0.3, -0.25) is 9.59 Å². The maximum Gasteiger partial charge on any atom is 0.320 e. The van der Waals surface area contributed by atoms with E-state index in [9.17, 15) is 30.0 Å². The highest BCUT2D eigenvalue weighted by Crippen LogP contribution is 2.20. The lowest BCUT2D eigenvalue weighted by Crippen LogP contribution is -2.58. The molecule has 1 fully saturated rings. The number of hydrogen-bond donors (Lipinski definition) is 6. The first-order valence-electron chi connectivity index (χ1n) is 9.22. The van der Waals surface area contributed by atoms with Gasteiger partial charge in [-0.25, -0.2) is 0 Å². The molecule has 162 valence electrons. The Morgan fingerprint density at radius 2 is 1.66 bits per heavy atom. The normalized spacial score (nSPS) is 28.1. The number of aliphatic hydroxyl groups excluding tert-OH is 4. The van der Waals surface area contributed by atoms with Crippen molar-refractivity contribution in [1.29, 1.82) is 0 Å². The molecular formula is C19H27NO9. The summed E-state index contributed by atoms with van der Waals surface area (Å²) in [4.78, 5) is 22.6. The van der Waals surface area contributed by atoms with Crippen LogP contribution in [0.4, 0.5) is 0 Å². The molecule has 1 saturated heterocycles. The Kier molecular flexibility index (Phi) is 8.65. The first-order valence-corrected chi connectivity index (χ1v) is 9.22. The van der Waals surface area contributed by atoms with Crippen LogP contribution < -0.4 is 5.73 Å². The summed E-state index contributed by atoms with van der Waals surface area (Å²) in [6.07, 6.45) is -6.75. The van der Waals surface area contributed by atoms with Crippen molar-refractivity contribution < 1.29 is 44.6 Å². The van der Waals surface area contributed by atoms with E-state index < -0.39 is 42.7 Å². The molecule has 10 nitrogen and oxygen atoms in total. The third kappa shape index (κ3) is 6.82. The molecule has 1 aliphatic rings. The number of carbonyl (C=O) groups is 2. The van der Waals surface area contributed by atoms with E-state index in [1.165, 1.54) is 0 Å². The quantitative estimate of drug-likeness (QED) is 0.259. The van der Waals surface area contributed by atoms with E-state index in [2.05, 4.69) is 0 Å². The van der Waals surface area contributed by atoms with Crippen molar-refractivity contribution in [1.82, 2.24) is 0 Å². The Hall–Kier alpha value is -1.92. The van der Waals surface area contributed by atoms with Crippen LogP contribution in [0.3, 0.4) is 0 Å². The minimum atomic E-state index is -1.61. The highest BCUT2D eigenvalue weighted by molar-refractivity contribution is 5.82. The summed E-state index contributed by atoms with van der Waals surface area (Å²) >= 11 is 0. The van der Waals surface area contributed by atoms with Crippen molar-refractivity contribution in [2.24, 2.45) is 5.73 Å². The van der Waals surface area contributed by atoms with Gasteiger partial charge in [-0.15, -0.1) is 0 Å². The van der Waals surface area contributed by atoms with Gasteiger partial charge in [0, 0.05) is 12.8 Å². The van der Waals surface area contributed by atoms with Gasteiger partial charge < -0.3 is 40.7 Å². The molecule has 0 saturated carbocycles. The molecular weight excluding hydrogens is 386 g/mol. The van der Waals surface area contributed by atoms with Gasteiger partial charge in [-0.1, -0.05) is 24.3 Å². The van der Waals surface area contributed by atoms with Crippen LogP contribution in [0.5, 0.6) is 0 Å². The Balaban J connectivity index is 1.75. The number of ketones is 1. The van der Waals surface area contributed by atoms with Crippen LogP contribution in [0, 0.1) is 0 Å². The lowest BCUT2D eigenvalue weighted by molar-refractivity contribution is -0.289. The van der Waals surface area contributed by atoms with Gasteiger partial charge in [0.15, 0.2) is 6.29 Å². The van der Waals surface area contributed by atoms with Crippen LogP contribution in [0.1, 0.15) is 24.0 Å². The average molecular weight is 413 g/mol. The maximum atomic E-state index is 11.9. The van der Waals surface area contributed by atoms with E-state index in [0.717, 1.165) is 11.1 Å². The second-order valence-corrected chi connectivity index (χ2v) is 7.07. The molecule has 3 unspecified atom stereocenters. The number of carboxylic acids is 1. The molecule has 2 rings (SSSR count). The van der Waals surface area contributed by atoms with Crippen LogP contribution in [-0.2, 0) is 32.1 Å². The summed E-state index contributed by atoms with van der Waals surface area (Å²) < 4.78 is 10.5. The molecule has 0 aromatic heterocycles. The highest BCUT2D eigenvalue weighted by atomic mass is 16.6. The SMILES string of the molecule is N[C@@H](CCC(=O)Cc1ccc(COCC2OC(O)C(O)[C@@H](O)[C@@H]2O)cc1)C(=O)O. The summed E-state index contributed by atoms with van der Waals surface area (Å²) in [5.41, 5.74) is 6.94. The topological polar surface area (TPSA) is 180 Å². The van der Waals surface area contributed by atoms with Gasteiger partial charge in [0.2, 0.25) is 0 Å². The summed E-state index contributed by atoms with van der Waals surface area (Å²) in [7, 11) is 0. The molecule has 0 radical (unpaired) electrons. The van der Waals surface area contributed by atoms with E-state index in [1.807, 2.05) is 0 Å². The van der Waals surface area contributed by atoms with Crippen LogP contribution >= 0.6 is 0 Å². The minimum Gasteiger partial charge on any atom is -0.480 e. The third-order valence-corrected chi connectivity index (χ3v) is 4.71. The van der Waals surface area contributed by atoms with Gasteiger partial charge in [0.05, 0.1) is 13.2 Å². The summed E-state index contributed by atoms with van der Waals surface area (Å²) in [6, 6.07) is 5.98. The largest absolute Gasteiger partial charge is 0.480 e. The van der Waals surface area contributed by atoms with Crippen molar-refractivity contribution in [3.05, 3.63) is 35.4 Å². The first kappa shape index (κ1) is 23.4. The molecule has 29 heavy (non-hydrogen) atoms. The molecule has 7 N–H and O–H groups in total. The molecule has 1 heterocycles. The van der Waals surface area contributed by atoms with Crippen molar-refractivity contribution in [3.63, 3.8) is 0 Å². The second-order valence-electron chi connectivity index (χ2n) is 7.07. The fourth-order valence-corrected chi connectivity index (χ4v) is 2.87. The number of hydrogen-bond acceptors (Lipinski definition) is 9. The van der Waals surface area contributed by atoms with Gasteiger partial charge in [0.1, 0.15) is 36.2 Å². The average Bonchev–Trinajstić information content (AvgIpc) is 2.69. The standard InChI is InChI=1S/C19H27NO9/c20-13(18(25)26)6-5-12(21)7-10-1-3-11(4-2-10)8-28-9-14-15(22)16(23)17(24)19(27)29-14/h1-4,13-17,19,22-24,27H,5-9,20H2,(H,25,26)/t13-,14?,15+,16-,17?,19?/m0/s1. The predicted molar refractivity (Wildman–Crippen MR) is 98.6 cm³/mol. The number of aliphatic carboxylic acids is 1. The predicted octanol–water partition coefficient (Wildman–Crippen LogP) is -1.69. The number of nitrogens with two attached hydrogens (primary N) is 1. The van der Waals surface area contributed by atoms with Crippen LogP contribution in [0.15, 0.2) is 24.3 Å². The number of carbonyl (C=O) groups excluding carboxylic acids is 1. The van der Waals surface area contributed by atoms with E-state index >= 15 is 0 Å². The number of benzene rings is 1. The third-order valence-electron chi connectivity index (χ3n) is 4.71. The second kappa shape index (κ2) is 10.7. The zero-order valence-electron chi connectivity index (χ0n) is 15.8. The Bertz CT molecular complexity index is 681. The Morgan fingerprint density at radius 3 is 2.28 bits per heavy atom. The van der Waals surface area contributed by atoms with Crippen LogP contribution in [0.2, 0.25) is 0 Å². The smallest absolute Gasteiger partial charge is 0.320 e. The van der Waals surface area contributed by atoms with Crippen LogP contribution in [-0.4, -0.2) is 80.6 Å². The molecule has 6 atom stereocenters. The molecule has 1 aromatic carbocycles. The molecule has 1 aliphatic heterocycles. The highest BCUT2D eigenvalue weighted by Gasteiger charge is 2.42. The summed E-state index contributed by atoms with van der Waals surface area (Å²) in [6.45, 7) is 0.0646. The first-order chi connectivity index (χ1) is 13.7. The minimum absolute atomic E-state index is 0.0917. The van der Waals surface area contributed by atoms with Crippen LogP contribution in [0.25, 0.3) is 0 Å². The van der Waals surface area contributed by atoms with Crippen molar-refractivity contribution in [2.45, 2.75) is 62.6 Å². The van der Waals surface area contributed by atoms with Crippen molar-refractivity contribution in [2.75, 3.05) is 6.61 Å². The van der Waals surface area contributed by atoms with Gasteiger partial charge in [-0.05, 0) is 17.5 Å². The lowest BCUT2D eigenvalue weighted by Gasteiger charge is -2.38. The van der Waals surface area contributed by atoms with E-state index in [1.54, 1.807) is 24.3 Å². The molecule has 1 aromatic rings. The van der Waals surface area contributed by atoms with Gasteiger partial charge >= 0.3 is 5.97 Å². The zero-order valence-corrected chi connectivity index (χ0v) is 15.8. The number of rotatable bonds is 10. The maximum absolute atomic E-state index is 11.9. The van der Waals surface area contributed by atoms with Gasteiger partial charge in [-0.2, -0.15) is 0 Å². The molecule has 0 amide bonds. The van der Waals surface area contributed by atoms with Crippen molar-refractivity contribution in [3.8, 4) is 0 Å². The zero-order chi connectivity index (χ0) is 21.6. The van der Waals surface area contributed by atoms with Gasteiger partial charge in [0.25, 0.3) is 0 Å². The molecule has 0 spiro atoms. The van der Waals surface area contributed by atoms with E-state index in [0.29, 0.717) is 0 Å². The number of Topliss-reactive ketones (excluding diaryl/α,β-unsaturated/α-hetero) is 1. The molecule has 0 bridgehead atoms. The fourth-order valence-electron chi connectivity index (χ4n) is 2.87. The van der Waals surface area contributed by atoms with E-state index in [-0.39, 0.29) is 38.3 Å². The Morgan fingerprint density at radius 1 is 1.03 bits per heavy atom. The number of ether oxygens (including phenoxy) is 2. The summed E-state index contributed by atoms with van der Waals surface area (Å²) in [5.74, 6) is -1.23. The number of aliphatic hydroxyl groups is 4. The molecule has 0 aliphatic carbocycles. The molecule has 10 heteroatoms. The number of carboxylic acid groups (broad SMARTS) is 1. The fraction of sp³-hybridized carbons (Fsp3) is 0.579. The lowest BCUT2D eigenvalue weighted by atomic mass is 9.99. The summed E-state index contributed by atoms with van der Waals surface area (Å²) in [5, 5.41) is 47.1. The Labute approximate surface area is 167 Å². The van der Waals surface area contributed by atoms with Crippen molar-refractivity contribution >= 4 is 11.8 Å².